The molecule has 1 saturated heterocycles. The largest absolute Gasteiger partial charge is 0.481 e. The zero-order chi connectivity index (χ0) is 17.7. The van der Waals surface area contributed by atoms with E-state index in [1.54, 1.807) is 6.07 Å². The third kappa shape index (κ3) is 3.88. The van der Waals surface area contributed by atoms with Gasteiger partial charge in [0.15, 0.2) is 0 Å². The van der Waals surface area contributed by atoms with Crippen LogP contribution in [0.1, 0.15) is 18.4 Å². The minimum atomic E-state index is -1.09. The minimum absolute atomic E-state index is 0.00433. The highest BCUT2D eigenvalue weighted by atomic mass is 16.6. The van der Waals surface area contributed by atoms with Gasteiger partial charge >= 0.3 is 5.97 Å². The van der Waals surface area contributed by atoms with E-state index < -0.39 is 16.3 Å². The minimum Gasteiger partial charge on any atom is -0.481 e. The number of nitro groups is 1. The second kappa shape index (κ2) is 7.39. The molecule has 8 nitrogen and oxygen atoms in total. The fourth-order valence-corrected chi connectivity index (χ4v) is 3.04. The van der Waals surface area contributed by atoms with Crippen molar-refractivity contribution in [3.8, 4) is 0 Å². The summed E-state index contributed by atoms with van der Waals surface area (Å²) in [6.45, 7) is 0.610. The van der Waals surface area contributed by atoms with Crippen molar-refractivity contribution in [2.75, 3.05) is 26.8 Å². The molecule has 0 radical (unpaired) electrons. The van der Waals surface area contributed by atoms with E-state index >= 15 is 0 Å². The van der Waals surface area contributed by atoms with Crippen molar-refractivity contribution in [1.82, 2.24) is 4.90 Å². The average Bonchev–Trinajstić information content (AvgIpc) is 2.55. The van der Waals surface area contributed by atoms with Crippen LogP contribution < -0.4 is 0 Å². The highest BCUT2D eigenvalue weighted by Gasteiger charge is 2.43. The number of hydrogen-bond donors (Lipinski definition) is 1. The molecule has 1 aliphatic heterocycles. The summed E-state index contributed by atoms with van der Waals surface area (Å²) in [4.78, 5) is 35.9. The molecule has 2 rings (SSSR count). The van der Waals surface area contributed by atoms with Crippen LogP contribution in [0.5, 0.6) is 0 Å². The van der Waals surface area contributed by atoms with Gasteiger partial charge in [-0.1, -0.05) is 12.1 Å². The van der Waals surface area contributed by atoms with E-state index in [0.29, 0.717) is 24.9 Å². The van der Waals surface area contributed by atoms with Crippen LogP contribution in [0.2, 0.25) is 0 Å². The first-order valence-electron chi connectivity index (χ1n) is 7.61. The number of benzene rings is 1. The predicted molar refractivity (Wildman–Crippen MR) is 84.6 cm³/mol. The van der Waals surface area contributed by atoms with Gasteiger partial charge in [-0.05, 0) is 18.4 Å². The molecule has 0 spiro atoms. The van der Waals surface area contributed by atoms with Crippen LogP contribution in [-0.2, 0) is 20.7 Å². The summed E-state index contributed by atoms with van der Waals surface area (Å²) in [5.74, 6) is -1.21. The Kier molecular flexibility index (Phi) is 5.50. The van der Waals surface area contributed by atoms with Crippen LogP contribution in [0.4, 0.5) is 5.69 Å². The monoisotopic (exact) mass is 336 g/mol. The SMILES string of the molecule is COCC1(C(=O)O)CCCN(C(=O)Cc2cccc([N+](=O)[O-])c2)C1. The number of nitrogens with zero attached hydrogens (tertiary/aromatic N) is 2. The van der Waals surface area contributed by atoms with E-state index in [4.69, 9.17) is 4.74 Å². The van der Waals surface area contributed by atoms with E-state index in [1.165, 1.54) is 30.2 Å². The van der Waals surface area contributed by atoms with Crippen LogP contribution in [-0.4, -0.2) is 53.6 Å². The van der Waals surface area contributed by atoms with E-state index in [-0.39, 0.29) is 31.2 Å². The number of carboxylic acids is 1. The Labute approximate surface area is 139 Å². The number of rotatable bonds is 6. The number of non-ortho nitro benzene ring substituents is 1. The number of hydrogen-bond acceptors (Lipinski definition) is 5. The lowest BCUT2D eigenvalue weighted by Crippen LogP contribution is -2.52. The maximum absolute atomic E-state index is 12.5. The maximum Gasteiger partial charge on any atom is 0.313 e. The fraction of sp³-hybridized carbons (Fsp3) is 0.500. The van der Waals surface area contributed by atoms with Crippen molar-refractivity contribution in [3.05, 3.63) is 39.9 Å². The maximum atomic E-state index is 12.5. The van der Waals surface area contributed by atoms with E-state index in [0.717, 1.165) is 0 Å². The van der Waals surface area contributed by atoms with Gasteiger partial charge in [0.25, 0.3) is 5.69 Å². The number of nitro benzene ring substituents is 1. The van der Waals surface area contributed by atoms with Gasteiger partial charge in [-0.25, -0.2) is 0 Å². The van der Waals surface area contributed by atoms with Crippen LogP contribution in [0.3, 0.4) is 0 Å². The number of amides is 1. The highest BCUT2D eigenvalue weighted by Crippen LogP contribution is 2.31. The number of methoxy groups -OCH3 is 1. The van der Waals surface area contributed by atoms with Gasteiger partial charge in [-0.15, -0.1) is 0 Å². The molecule has 0 aliphatic carbocycles. The van der Waals surface area contributed by atoms with Gasteiger partial charge in [0, 0.05) is 32.3 Å². The quantitative estimate of drug-likeness (QED) is 0.622. The summed E-state index contributed by atoms with van der Waals surface area (Å²) in [6, 6.07) is 5.90. The summed E-state index contributed by atoms with van der Waals surface area (Å²) < 4.78 is 5.04. The van der Waals surface area contributed by atoms with Gasteiger partial charge < -0.3 is 14.7 Å². The Bertz CT molecular complexity index is 643. The number of ether oxygens (including phenoxy) is 1. The summed E-state index contributed by atoms with van der Waals surface area (Å²) in [7, 11) is 1.44. The third-order valence-electron chi connectivity index (χ3n) is 4.28. The molecule has 1 heterocycles. The molecule has 130 valence electrons. The molecule has 1 aromatic rings. The van der Waals surface area contributed by atoms with Gasteiger partial charge in [-0.2, -0.15) is 0 Å². The Morgan fingerprint density at radius 2 is 2.21 bits per heavy atom. The van der Waals surface area contributed by atoms with Gasteiger partial charge in [0.1, 0.15) is 5.41 Å². The van der Waals surface area contributed by atoms with Crippen molar-refractivity contribution in [2.45, 2.75) is 19.3 Å². The topological polar surface area (TPSA) is 110 Å². The zero-order valence-electron chi connectivity index (χ0n) is 13.4. The van der Waals surface area contributed by atoms with Crippen molar-refractivity contribution in [1.29, 1.82) is 0 Å². The molecule has 1 unspecified atom stereocenters. The lowest BCUT2D eigenvalue weighted by molar-refractivity contribution is -0.384. The molecule has 1 fully saturated rings. The van der Waals surface area contributed by atoms with Crippen molar-refractivity contribution < 1.29 is 24.4 Å². The third-order valence-corrected chi connectivity index (χ3v) is 4.28. The molecule has 1 aromatic carbocycles. The number of carbonyl (C=O) groups excluding carboxylic acids is 1. The summed E-state index contributed by atoms with van der Waals surface area (Å²) in [5, 5.41) is 20.3. The molecule has 24 heavy (non-hydrogen) atoms. The molecule has 0 aromatic heterocycles. The summed E-state index contributed by atoms with van der Waals surface area (Å²) in [6.07, 6.45) is 1.04. The van der Waals surface area contributed by atoms with Crippen LogP contribution in [0, 0.1) is 15.5 Å². The Morgan fingerprint density at radius 3 is 2.83 bits per heavy atom. The second-order valence-electron chi connectivity index (χ2n) is 6.04. The molecular weight excluding hydrogens is 316 g/mol. The first kappa shape index (κ1) is 17.9. The Morgan fingerprint density at radius 1 is 1.46 bits per heavy atom. The number of carbonyl (C=O) groups is 2. The van der Waals surface area contributed by atoms with E-state index in [2.05, 4.69) is 0 Å². The first-order chi connectivity index (χ1) is 11.4. The van der Waals surface area contributed by atoms with Gasteiger partial charge in [0.2, 0.25) is 5.91 Å². The molecule has 1 N–H and O–H groups in total. The van der Waals surface area contributed by atoms with E-state index in [9.17, 15) is 24.8 Å². The van der Waals surface area contributed by atoms with Crippen molar-refractivity contribution >= 4 is 17.6 Å². The lowest BCUT2D eigenvalue weighted by atomic mass is 9.80. The first-order valence-corrected chi connectivity index (χ1v) is 7.61. The molecule has 8 heteroatoms. The van der Waals surface area contributed by atoms with Crippen molar-refractivity contribution in [3.63, 3.8) is 0 Å². The zero-order valence-corrected chi connectivity index (χ0v) is 13.4. The predicted octanol–water partition coefficient (Wildman–Crippen LogP) is 1.48. The molecule has 0 saturated carbocycles. The smallest absolute Gasteiger partial charge is 0.313 e. The molecule has 1 amide bonds. The molecule has 1 aliphatic rings. The van der Waals surface area contributed by atoms with Gasteiger partial charge in [0.05, 0.1) is 18.0 Å². The fourth-order valence-electron chi connectivity index (χ4n) is 3.04. The standard InChI is InChI=1S/C16H20N2O6/c1-24-11-16(15(20)21)6-3-7-17(10-16)14(19)9-12-4-2-5-13(8-12)18(22)23/h2,4-5,8H,3,6-7,9-11H2,1H3,(H,20,21). The molecular formula is C16H20N2O6. The van der Waals surface area contributed by atoms with E-state index in [1.807, 2.05) is 0 Å². The normalized spacial score (nSPS) is 20.6. The number of carboxylic acid groups (broad SMARTS) is 1. The highest BCUT2D eigenvalue weighted by molar-refractivity contribution is 5.81. The number of piperidine rings is 1. The Hall–Kier alpha value is -2.48. The molecule has 1 atom stereocenters. The van der Waals surface area contributed by atoms with Crippen LogP contribution in [0.25, 0.3) is 0 Å². The average molecular weight is 336 g/mol. The van der Waals surface area contributed by atoms with Crippen LogP contribution >= 0.6 is 0 Å². The molecule has 0 bridgehead atoms. The lowest BCUT2D eigenvalue weighted by Gasteiger charge is -2.39. The number of likely N-dealkylation sites (tertiary alicyclic amines) is 1. The Balaban J connectivity index is 2.10. The second-order valence-corrected chi connectivity index (χ2v) is 6.04. The van der Waals surface area contributed by atoms with Crippen molar-refractivity contribution in [2.24, 2.45) is 5.41 Å². The summed E-state index contributed by atoms with van der Waals surface area (Å²) >= 11 is 0. The summed E-state index contributed by atoms with van der Waals surface area (Å²) in [5.41, 5.74) is -0.628. The van der Waals surface area contributed by atoms with Gasteiger partial charge in [-0.3, -0.25) is 19.7 Å². The number of aliphatic carboxylic acids is 1. The van der Waals surface area contributed by atoms with Crippen LogP contribution in [0.15, 0.2) is 24.3 Å².